The third-order valence-corrected chi connectivity index (χ3v) is 4.18. The van der Waals surface area contributed by atoms with E-state index in [2.05, 4.69) is 37.3 Å². The summed E-state index contributed by atoms with van der Waals surface area (Å²) >= 11 is 7.71. The quantitative estimate of drug-likeness (QED) is 0.845. The fraction of sp³-hybridized carbons (Fsp3) is 0.667. The maximum Gasteiger partial charge on any atom is 0.0931 e. The molecule has 0 fully saturated rings. The van der Waals surface area contributed by atoms with Crippen LogP contribution in [-0.4, -0.2) is 32.6 Å². The molecule has 2 atom stereocenters. The summed E-state index contributed by atoms with van der Waals surface area (Å²) in [5.41, 5.74) is 0. The molecule has 4 heteroatoms. The van der Waals surface area contributed by atoms with E-state index in [1.165, 1.54) is 11.3 Å². The molecular formula is C12H21ClN2S. The molecule has 0 aliphatic carbocycles. The third kappa shape index (κ3) is 3.45. The van der Waals surface area contributed by atoms with E-state index in [1.807, 2.05) is 13.1 Å². The van der Waals surface area contributed by atoms with Gasteiger partial charge in [-0.05, 0) is 45.7 Å². The molecule has 1 aromatic heterocycles. The van der Waals surface area contributed by atoms with E-state index in [0.29, 0.717) is 12.0 Å². The first kappa shape index (κ1) is 14.0. The Morgan fingerprint density at radius 3 is 2.50 bits per heavy atom. The molecule has 0 aromatic carbocycles. The summed E-state index contributed by atoms with van der Waals surface area (Å²) in [7, 11) is 6.28. The maximum absolute atomic E-state index is 6.02. The van der Waals surface area contributed by atoms with Crippen molar-refractivity contribution in [3.63, 3.8) is 0 Å². The standard InChI is InChI=1S/C12H21ClN2S/c1-5-9(8-14-2)12(15(3)4)10-6-7-11(13)16-10/h6-7,9,12,14H,5,8H2,1-4H3. The summed E-state index contributed by atoms with van der Waals surface area (Å²) in [5, 5.41) is 3.28. The Morgan fingerprint density at radius 2 is 2.12 bits per heavy atom. The van der Waals surface area contributed by atoms with Crippen LogP contribution in [0.15, 0.2) is 12.1 Å². The molecule has 1 N–H and O–H groups in total. The van der Waals surface area contributed by atoms with Gasteiger partial charge in [-0.3, -0.25) is 0 Å². The van der Waals surface area contributed by atoms with Crippen LogP contribution in [0, 0.1) is 5.92 Å². The van der Waals surface area contributed by atoms with Crippen molar-refractivity contribution in [2.75, 3.05) is 27.7 Å². The second-order valence-corrected chi connectivity index (χ2v) is 6.02. The topological polar surface area (TPSA) is 15.3 Å². The molecule has 16 heavy (non-hydrogen) atoms. The Bertz CT molecular complexity index is 312. The van der Waals surface area contributed by atoms with Crippen LogP contribution in [0.2, 0.25) is 4.34 Å². The SMILES string of the molecule is CCC(CNC)C(c1ccc(Cl)s1)N(C)C. The summed E-state index contributed by atoms with van der Waals surface area (Å²) in [4.78, 5) is 3.64. The average molecular weight is 261 g/mol. The van der Waals surface area contributed by atoms with Crippen molar-refractivity contribution >= 4 is 22.9 Å². The van der Waals surface area contributed by atoms with Crippen LogP contribution in [0.3, 0.4) is 0 Å². The predicted molar refractivity (Wildman–Crippen MR) is 73.5 cm³/mol. The second-order valence-electron chi connectivity index (χ2n) is 4.28. The van der Waals surface area contributed by atoms with Crippen LogP contribution in [0.4, 0.5) is 0 Å². The number of hydrogen-bond acceptors (Lipinski definition) is 3. The van der Waals surface area contributed by atoms with E-state index in [1.54, 1.807) is 11.3 Å². The van der Waals surface area contributed by atoms with Gasteiger partial charge in [0, 0.05) is 10.9 Å². The lowest BCUT2D eigenvalue weighted by Crippen LogP contribution is -2.32. The molecule has 2 nitrogen and oxygen atoms in total. The average Bonchev–Trinajstić information content (AvgIpc) is 2.63. The van der Waals surface area contributed by atoms with Crippen molar-refractivity contribution in [2.24, 2.45) is 5.92 Å². The van der Waals surface area contributed by atoms with Gasteiger partial charge in [-0.25, -0.2) is 0 Å². The van der Waals surface area contributed by atoms with Crippen molar-refractivity contribution in [1.82, 2.24) is 10.2 Å². The third-order valence-electron chi connectivity index (χ3n) is 2.88. The van der Waals surface area contributed by atoms with Crippen molar-refractivity contribution in [2.45, 2.75) is 19.4 Å². The van der Waals surface area contributed by atoms with Crippen LogP contribution in [0.1, 0.15) is 24.3 Å². The van der Waals surface area contributed by atoms with Crippen LogP contribution in [0.5, 0.6) is 0 Å². The zero-order valence-corrected chi connectivity index (χ0v) is 12.0. The summed E-state index contributed by atoms with van der Waals surface area (Å²) in [6.07, 6.45) is 1.17. The van der Waals surface area contributed by atoms with Crippen molar-refractivity contribution < 1.29 is 0 Å². The highest BCUT2D eigenvalue weighted by Gasteiger charge is 2.24. The predicted octanol–water partition coefficient (Wildman–Crippen LogP) is 3.25. The molecular weight excluding hydrogens is 240 g/mol. The number of nitrogens with one attached hydrogen (secondary N) is 1. The highest BCUT2D eigenvalue weighted by Crippen LogP contribution is 2.35. The van der Waals surface area contributed by atoms with Crippen LogP contribution in [-0.2, 0) is 0 Å². The van der Waals surface area contributed by atoms with Gasteiger partial charge < -0.3 is 10.2 Å². The maximum atomic E-state index is 6.02. The van der Waals surface area contributed by atoms with Crippen molar-refractivity contribution in [1.29, 1.82) is 0 Å². The van der Waals surface area contributed by atoms with Gasteiger partial charge in [-0.1, -0.05) is 24.9 Å². The van der Waals surface area contributed by atoms with E-state index in [0.717, 1.165) is 10.9 Å². The zero-order chi connectivity index (χ0) is 12.1. The summed E-state index contributed by atoms with van der Waals surface area (Å²) in [5.74, 6) is 0.620. The van der Waals surface area contributed by atoms with Gasteiger partial charge in [0.15, 0.2) is 0 Å². The fourth-order valence-electron chi connectivity index (χ4n) is 2.14. The van der Waals surface area contributed by atoms with Crippen LogP contribution in [0.25, 0.3) is 0 Å². The monoisotopic (exact) mass is 260 g/mol. The smallest absolute Gasteiger partial charge is 0.0931 e. The van der Waals surface area contributed by atoms with E-state index < -0.39 is 0 Å². The Hall–Kier alpha value is -0.0900. The first-order chi connectivity index (χ1) is 7.60. The molecule has 0 saturated carbocycles. The normalized spacial score (nSPS) is 15.4. The molecule has 0 amide bonds. The Morgan fingerprint density at radius 1 is 1.44 bits per heavy atom. The number of thiophene rings is 1. The van der Waals surface area contributed by atoms with E-state index >= 15 is 0 Å². The fourth-order valence-corrected chi connectivity index (χ4v) is 3.49. The molecule has 0 bridgehead atoms. The number of halogens is 1. The summed E-state index contributed by atoms with van der Waals surface area (Å²) in [6, 6.07) is 4.59. The van der Waals surface area contributed by atoms with Gasteiger partial charge in [-0.2, -0.15) is 0 Å². The highest BCUT2D eigenvalue weighted by atomic mass is 35.5. The van der Waals surface area contributed by atoms with E-state index in [-0.39, 0.29) is 0 Å². The minimum atomic E-state index is 0.454. The molecule has 0 radical (unpaired) electrons. The van der Waals surface area contributed by atoms with E-state index in [9.17, 15) is 0 Å². The number of hydrogen-bond donors (Lipinski definition) is 1. The first-order valence-corrected chi connectivity index (χ1v) is 6.85. The zero-order valence-electron chi connectivity index (χ0n) is 10.5. The molecule has 0 aliphatic rings. The lowest BCUT2D eigenvalue weighted by atomic mass is 9.94. The minimum Gasteiger partial charge on any atom is -0.319 e. The van der Waals surface area contributed by atoms with Gasteiger partial charge in [-0.15, -0.1) is 11.3 Å². The summed E-state index contributed by atoms with van der Waals surface area (Å²) < 4.78 is 0.876. The second kappa shape index (κ2) is 6.60. The number of nitrogens with zero attached hydrogens (tertiary/aromatic N) is 1. The van der Waals surface area contributed by atoms with Crippen molar-refractivity contribution in [3.05, 3.63) is 21.3 Å². The van der Waals surface area contributed by atoms with Crippen LogP contribution < -0.4 is 5.32 Å². The van der Waals surface area contributed by atoms with Crippen LogP contribution >= 0.6 is 22.9 Å². The molecule has 2 unspecified atom stereocenters. The first-order valence-electron chi connectivity index (χ1n) is 5.66. The van der Waals surface area contributed by atoms with Crippen molar-refractivity contribution in [3.8, 4) is 0 Å². The Balaban J connectivity index is 2.89. The largest absolute Gasteiger partial charge is 0.319 e. The van der Waals surface area contributed by atoms with Gasteiger partial charge in [0.2, 0.25) is 0 Å². The summed E-state index contributed by atoms with van der Waals surface area (Å²) in [6.45, 7) is 3.28. The lowest BCUT2D eigenvalue weighted by Gasteiger charge is -2.31. The molecule has 0 aliphatic heterocycles. The molecule has 92 valence electrons. The van der Waals surface area contributed by atoms with Gasteiger partial charge in [0.1, 0.15) is 0 Å². The molecule has 0 saturated heterocycles. The number of rotatable bonds is 6. The minimum absolute atomic E-state index is 0.454. The Labute approximate surface area is 108 Å². The lowest BCUT2D eigenvalue weighted by molar-refractivity contribution is 0.208. The molecule has 0 spiro atoms. The van der Waals surface area contributed by atoms with Gasteiger partial charge in [0.05, 0.1) is 4.34 Å². The highest BCUT2D eigenvalue weighted by molar-refractivity contribution is 7.16. The Kier molecular flexibility index (Phi) is 5.76. The molecule has 1 aromatic rings. The molecule has 1 rings (SSSR count). The van der Waals surface area contributed by atoms with Gasteiger partial charge >= 0.3 is 0 Å². The molecule has 1 heterocycles. The van der Waals surface area contributed by atoms with E-state index in [4.69, 9.17) is 11.6 Å². The van der Waals surface area contributed by atoms with Gasteiger partial charge in [0.25, 0.3) is 0 Å².